The van der Waals surface area contributed by atoms with Crippen LogP contribution in [0.2, 0.25) is 0 Å². The number of amides is 1. The van der Waals surface area contributed by atoms with Crippen LogP contribution in [0, 0.1) is 0 Å². The monoisotopic (exact) mass is 488 g/mol. The Morgan fingerprint density at radius 2 is 1.67 bits per heavy atom. The first-order valence-electron chi connectivity index (χ1n) is 9.96. The fourth-order valence-electron chi connectivity index (χ4n) is 3.00. The number of nitrogens with one attached hydrogen (secondary N) is 1. The molecule has 0 fully saturated rings. The predicted molar refractivity (Wildman–Crippen MR) is 128 cm³/mol. The molecule has 0 bridgehead atoms. The largest absolute Gasteiger partial charge is 0.497 e. The zero-order chi connectivity index (χ0) is 24.2. The fraction of sp³-hybridized carbons (Fsp3) is 0.217. The Labute approximate surface area is 196 Å². The smallest absolute Gasteiger partial charge is 0.341 e. The minimum absolute atomic E-state index is 0.0779. The average molecular weight is 489 g/mol. The number of anilines is 1. The fourth-order valence-corrected chi connectivity index (χ4v) is 4.86. The molecule has 0 aliphatic rings. The third-order valence-corrected chi connectivity index (χ3v) is 7.52. The van der Waals surface area contributed by atoms with E-state index in [1.807, 2.05) is 12.1 Å². The van der Waals surface area contributed by atoms with E-state index in [0.29, 0.717) is 16.3 Å². The highest BCUT2D eigenvalue weighted by Crippen LogP contribution is 2.37. The summed E-state index contributed by atoms with van der Waals surface area (Å²) in [4.78, 5) is 25.6. The van der Waals surface area contributed by atoms with Crippen molar-refractivity contribution in [3.63, 3.8) is 0 Å². The Kier molecular flexibility index (Phi) is 7.52. The molecule has 0 aliphatic carbocycles. The van der Waals surface area contributed by atoms with E-state index in [1.54, 1.807) is 31.5 Å². The van der Waals surface area contributed by atoms with Gasteiger partial charge >= 0.3 is 5.97 Å². The van der Waals surface area contributed by atoms with Gasteiger partial charge in [0.2, 0.25) is 10.0 Å². The third kappa shape index (κ3) is 5.24. The van der Waals surface area contributed by atoms with Gasteiger partial charge in [-0.2, -0.15) is 0 Å². The molecule has 0 unspecified atom stereocenters. The van der Waals surface area contributed by atoms with Gasteiger partial charge in [0, 0.05) is 30.6 Å². The van der Waals surface area contributed by atoms with Crippen LogP contribution in [0.3, 0.4) is 0 Å². The molecule has 0 atom stereocenters. The van der Waals surface area contributed by atoms with Gasteiger partial charge in [-0.05, 0) is 48.9 Å². The molecule has 0 saturated heterocycles. The first-order valence-corrected chi connectivity index (χ1v) is 12.3. The standard InChI is InChI=1S/C23H24N2O6S2/c1-5-31-23(27)20-19(15-6-10-17(30-4)11-7-15)14-32-22(20)24-21(26)16-8-12-18(13-9-16)33(28,29)25(2)3/h6-14H,5H2,1-4H3,(H,24,26). The number of nitrogens with zero attached hydrogens (tertiary/aromatic N) is 1. The summed E-state index contributed by atoms with van der Waals surface area (Å²) >= 11 is 1.20. The van der Waals surface area contributed by atoms with Crippen molar-refractivity contribution in [2.24, 2.45) is 0 Å². The normalized spacial score (nSPS) is 11.3. The second-order valence-electron chi connectivity index (χ2n) is 7.07. The van der Waals surface area contributed by atoms with Crippen LogP contribution >= 0.6 is 11.3 Å². The van der Waals surface area contributed by atoms with Crippen LogP contribution in [0.4, 0.5) is 5.00 Å². The van der Waals surface area contributed by atoms with Crippen LogP contribution in [0.15, 0.2) is 58.8 Å². The summed E-state index contributed by atoms with van der Waals surface area (Å²) in [6.07, 6.45) is 0. The zero-order valence-electron chi connectivity index (χ0n) is 18.6. The molecule has 0 aliphatic heterocycles. The zero-order valence-corrected chi connectivity index (χ0v) is 20.2. The molecule has 10 heteroatoms. The highest BCUT2D eigenvalue weighted by Gasteiger charge is 2.24. The molecular formula is C23H24N2O6S2. The molecular weight excluding hydrogens is 464 g/mol. The van der Waals surface area contributed by atoms with E-state index in [2.05, 4.69) is 5.32 Å². The summed E-state index contributed by atoms with van der Waals surface area (Å²) in [6, 6.07) is 12.8. The van der Waals surface area contributed by atoms with E-state index in [9.17, 15) is 18.0 Å². The summed E-state index contributed by atoms with van der Waals surface area (Å²) in [6.45, 7) is 1.89. The number of carbonyl (C=O) groups is 2. The summed E-state index contributed by atoms with van der Waals surface area (Å²) in [5, 5.41) is 4.87. The van der Waals surface area contributed by atoms with Crippen molar-refractivity contribution >= 4 is 38.2 Å². The van der Waals surface area contributed by atoms with Gasteiger partial charge in [0.05, 0.1) is 18.6 Å². The molecule has 1 amide bonds. The molecule has 3 rings (SSSR count). The van der Waals surface area contributed by atoms with Crippen molar-refractivity contribution in [2.45, 2.75) is 11.8 Å². The van der Waals surface area contributed by atoms with Gasteiger partial charge in [0.1, 0.15) is 16.3 Å². The van der Waals surface area contributed by atoms with Gasteiger partial charge in [-0.1, -0.05) is 12.1 Å². The number of methoxy groups -OCH3 is 1. The van der Waals surface area contributed by atoms with Gasteiger partial charge < -0.3 is 14.8 Å². The number of carbonyl (C=O) groups excluding carboxylic acids is 2. The molecule has 8 nitrogen and oxygen atoms in total. The van der Waals surface area contributed by atoms with E-state index in [1.165, 1.54) is 49.7 Å². The molecule has 0 radical (unpaired) electrons. The lowest BCUT2D eigenvalue weighted by molar-refractivity contribution is 0.0529. The molecule has 0 spiro atoms. The molecule has 174 valence electrons. The van der Waals surface area contributed by atoms with Gasteiger partial charge in [-0.15, -0.1) is 11.3 Å². The molecule has 2 aromatic carbocycles. The van der Waals surface area contributed by atoms with Gasteiger partial charge in [-0.25, -0.2) is 17.5 Å². The topological polar surface area (TPSA) is 102 Å². The van der Waals surface area contributed by atoms with Crippen LogP contribution in [-0.4, -0.2) is 52.4 Å². The van der Waals surface area contributed by atoms with E-state index < -0.39 is 21.9 Å². The predicted octanol–water partition coefficient (Wildman–Crippen LogP) is 4.10. The number of rotatable bonds is 8. The molecule has 1 aromatic heterocycles. The van der Waals surface area contributed by atoms with Gasteiger partial charge in [0.15, 0.2) is 0 Å². The van der Waals surface area contributed by atoms with Crippen molar-refractivity contribution in [1.29, 1.82) is 0 Å². The number of hydrogen-bond donors (Lipinski definition) is 1. The number of thiophene rings is 1. The van der Waals surface area contributed by atoms with Crippen molar-refractivity contribution in [3.05, 3.63) is 65.0 Å². The Hall–Kier alpha value is -3.21. The van der Waals surface area contributed by atoms with E-state index in [-0.39, 0.29) is 22.6 Å². The van der Waals surface area contributed by atoms with Gasteiger partial charge in [-0.3, -0.25) is 4.79 Å². The average Bonchev–Trinajstić information content (AvgIpc) is 3.22. The first-order chi connectivity index (χ1) is 15.7. The van der Waals surface area contributed by atoms with Crippen LogP contribution in [0.1, 0.15) is 27.6 Å². The summed E-state index contributed by atoms with van der Waals surface area (Å²) < 4.78 is 36.0. The van der Waals surface area contributed by atoms with Gasteiger partial charge in [0.25, 0.3) is 5.91 Å². The van der Waals surface area contributed by atoms with Crippen molar-refractivity contribution in [1.82, 2.24) is 4.31 Å². The van der Waals surface area contributed by atoms with Crippen molar-refractivity contribution in [2.75, 3.05) is 33.1 Å². The van der Waals surface area contributed by atoms with Crippen LogP contribution in [-0.2, 0) is 14.8 Å². The van der Waals surface area contributed by atoms with E-state index >= 15 is 0 Å². The minimum Gasteiger partial charge on any atom is -0.497 e. The minimum atomic E-state index is -3.60. The summed E-state index contributed by atoms with van der Waals surface area (Å²) in [7, 11) is 0.837. The first kappa shape index (κ1) is 24.4. The van der Waals surface area contributed by atoms with Crippen LogP contribution < -0.4 is 10.1 Å². The van der Waals surface area contributed by atoms with Crippen molar-refractivity contribution < 1.29 is 27.5 Å². The Morgan fingerprint density at radius 3 is 2.21 bits per heavy atom. The Bertz CT molecular complexity index is 1250. The SMILES string of the molecule is CCOC(=O)c1c(-c2ccc(OC)cc2)csc1NC(=O)c1ccc(S(=O)(=O)N(C)C)cc1. The maximum absolute atomic E-state index is 12.8. The molecule has 33 heavy (non-hydrogen) atoms. The van der Waals surface area contributed by atoms with E-state index in [0.717, 1.165) is 9.87 Å². The quantitative estimate of drug-likeness (QED) is 0.479. The number of sulfonamides is 1. The number of esters is 1. The molecule has 1 N–H and O–H groups in total. The molecule has 3 aromatic rings. The van der Waals surface area contributed by atoms with E-state index in [4.69, 9.17) is 9.47 Å². The van der Waals surface area contributed by atoms with Crippen molar-refractivity contribution in [3.8, 4) is 16.9 Å². The second kappa shape index (κ2) is 10.2. The Morgan fingerprint density at radius 1 is 1.03 bits per heavy atom. The molecule has 1 heterocycles. The lowest BCUT2D eigenvalue weighted by Crippen LogP contribution is -2.22. The summed E-state index contributed by atoms with van der Waals surface area (Å²) in [5.74, 6) is -0.343. The third-order valence-electron chi connectivity index (χ3n) is 4.79. The second-order valence-corrected chi connectivity index (χ2v) is 10.1. The highest BCUT2D eigenvalue weighted by atomic mass is 32.2. The number of hydrogen-bond acceptors (Lipinski definition) is 7. The maximum Gasteiger partial charge on any atom is 0.341 e. The Balaban J connectivity index is 1.92. The lowest BCUT2D eigenvalue weighted by atomic mass is 10.0. The molecule has 0 saturated carbocycles. The number of ether oxygens (including phenoxy) is 2. The highest BCUT2D eigenvalue weighted by molar-refractivity contribution is 7.89. The lowest BCUT2D eigenvalue weighted by Gasteiger charge is -2.12. The van der Waals surface area contributed by atoms with Crippen LogP contribution in [0.25, 0.3) is 11.1 Å². The maximum atomic E-state index is 12.8. The summed E-state index contributed by atoms with van der Waals surface area (Å²) in [5.41, 5.74) is 1.91. The van der Waals surface area contributed by atoms with Crippen LogP contribution in [0.5, 0.6) is 5.75 Å². The number of benzene rings is 2.